The van der Waals surface area contributed by atoms with Crippen molar-refractivity contribution in [1.29, 1.82) is 5.26 Å². The molecule has 3 aromatic rings. The van der Waals surface area contributed by atoms with Crippen LogP contribution in [-0.2, 0) is 42.9 Å². The number of halogens is 3. The van der Waals surface area contributed by atoms with E-state index in [0.29, 0.717) is 49.6 Å². The molecule has 0 N–H and O–H groups in total. The van der Waals surface area contributed by atoms with E-state index in [1.54, 1.807) is 25.6 Å². The molecule has 0 spiro atoms. The summed E-state index contributed by atoms with van der Waals surface area (Å²) < 4.78 is 50.5. The van der Waals surface area contributed by atoms with Crippen LogP contribution in [0.5, 0.6) is 0 Å². The van der Waals surface area contributed by atoms with Gasteiger partial charge in [-0.15, -0.1) is 10.2 Å². The summed E-state index contributed by atoms with van der Waals surface area (Å²) in [6.07, 6.45) is 1.97. The van der Waals surface area contributed by atoms with Gasteiger partial charge >= 0.3 is 6.18 Å². The average Bonchev–Trinajstić information content (AvgIpc) is 3.44. The number of methoxy groups -OCH3 is 1. The molecule has 1 amide bonds. The Hall–Kier alpha value is -3.75. The van der Waals surface area contributed by atoms with Crippen LogP contribution in [0.1, 0.15) is 70.5 Å². The van der Waals surface area contributed by atoms with E-state index in [1.165, 1.54) is 11.0 Å². The van der Waals surface area contributed by atoms with Crippen molar-refractivity contribution in [1.82, 2.24) is 19.7 Å². The van der Waals surface area contributed by atoms with E-state index in [0.717, 1.165) is 43.7 Å². The van der Waals surface area contributed by atoms with Crippen molar-refractivity contribution < 1.29 is 22.7 Å². The highest BCUT2D eigenvalue weighted by molar-refractivity contribution is 6.10. The topological polar surface area (TPSA) is 87.3 Å². The quantitative estimate of drug-likeness (QED) is 0.329. The Morgan fingerprint density at radius 2 is 2.00 bits per heavy atom. The van der Waals surface area contributed by atoms with Gasteiger partial charge in [-0.3, -0.25) is 9.69 Å². The number of anilines is 1. The molecule has 2 aliphatic heterocycles. The van der Waals surface area contributed by atoms with E-state index in [4.69, 9.17) is 4.74 Å². The second kappa shape index (κ2) is 12.0. The molecular weight excluding hydrogens is 569 g/mol. The third-order valence-corrected chi connectivity index (χ3v) is 9.60. The number of hydrogen-bond donors (Lipinski definition) is 0. The molecule has 44 heavy (non-hydrogen) atoms. The molecule has 232 valence electrons. The Kier molecular flexibility index (Phi) is 8.24. The number of nitriles is 1. The van der Waals surface area contributed by atoms with Crippen molar-refractivity contribution in [2.24, 2.45) is 18.9 Å². The normalized spacial score (nSPS) is 24.1. The van der Waals surface area contributed by atoms with Gasteiger partial charge in [0.25, 0.3) is 5.91 Å². The van der Waals surface area contributed by atoms with Gasteiger partial charge in [0.15, 0.2) is 0 Å². The number of aromatic nitrogens is 3. The molecule has 8 nitrogen and oxygen atoms in total. The minimum Gasteiger partial charge on any atom is -0.384 e. The van der Waals surface area contributed by atoms with Crippen LogP contribution in [0.25, 0.3) is 0 Å². The Morgan fingerprint density at radius 3 is 2.70 bits per heavy atom. The molecule has 2 fully saturated rings. The highest BCUT2D eigenvalue weighted by atomic mass is 19.4. The van der Waals surface area contributed by atoms with Gasteiger partial charge in [-0.2, -0.15) is 18.4 Å². The van der Waals surface area contributed by atoms with E-state index in [2.05, 4.69) is 21.2 Å². The molecule has 0 bridgehead atoms. The largest absolute Gasteiger partial charge is 0.416 e. The fourth-order valence-electron chi connectivity index (χ4n) is 7.34. The lowest BCUT2D eigenvalue weighted by Gasteiger charge is -2.45. The summed E-state index contributed by atoms with van der Waals surface area (Å²) in [6, 6.07) is 12.7. The van der Waals surface area contributed by atoms with Crippen LogP contribution in [0.2, 0.25) is 0 Å². The van der Waals surface area contributed by atoms with Crippen LogP contribution in [0.3, 0.4) is 0 Å². The average molecular weight is 607 g/mol. The lowest BCUT2D eigenvalue weighted by molar-refractivity contribution is -0.138. The molecule has 3 heterocycles. The maximum absolute atomic E-state index is 14.4. The van der Waals surface area contributed by atoms with Crippen molar-refractivity contribution in [3.05, 3.63) is 76.4 Å². The summed E-state index contributed by atoms with van der Waals surface area (Å²) in [4.78, 5) is 17.5. The summed E-state index contributed by atoms with van der Waals surface area (Å²) in [5.41, 5.74) is 1.01. The molecule has 0 radical (unpaired) electrons. The minimum absolute atomic E-state index is 0.0202. The second-order valence-electron chi connectivity index (χ2n) is 12.7. The Balaban J connectivity index is 1.30. The summed E-state index contributed by atoms with van der Waals surface area (Å²) in [5, 5.41) is 17.8. The number of ether oxygens (including phenoxy) is 1. The molecular formula is C33H37F3N6O2. The van der Waals surface area contributed by atoms with Crippen LogP contribution in [-0.4, -0.2) is 52.4 Å². The van der Waals surface area contributed by atoms with E-state index >= 15 is 0 Å². The first-order valence-corrected chi connectivity index (χ1v) is 15.2. The highest BCUT2D eigenvalue weighted by Crippen LogP contribution is 2.50. The number of alkyl halides is 3. The van der Waals surface area contributed by atoms with Gasteiger partial charge in [0.05, 0.1) is 24.8 Å². The van der Waals surface area contributed by atoms with Crippen LogP contribution < -0.4 is 4.90 Å². The fraction of sp³-hybridized carbons (Fsp3) is 0.515. The predicted octanol–water partition coefficient (Wildman–Crippen LogP) is 5.66. The number of amides is 1. The summed E-state index contributed by atoms with van der Waals surface area (Å²) in [5.74, 6) is 0.603. The summed E-state index contributed by atoms with van der Waals surface area (Å²) in [6.45, 7) is 2.38. The Bertz CT molecular complexity index is 1570. The van der Waals surface area contributed by atoms with E-state index in [-0.39, 0.29) is 29.0 Å². The minimum atomic E-state index is -4.59. The van der Waals surface area contributed by atoms with Gasteiger partial charge in [0.1, 0.15) is 12.2 Å². The number of likely N-dealkylation sites (tertiary alicyclic amines) is 1. The third-order valence-electron chi connectivity index (χ3n) is 9.60. The standard InChI is InChI=1S/C33H37F3N6O2/c1-40-21-38-39-30(40)15-32(13-24(14-32)16-37)25-7-5-8-26(12-25)42-19-28-27(31(42)43)10-23(11-29(28)33(34,35)36)18-41-9-4-3-6-22(17-41)20-44-2/h5,7-8,10-12,21-22,24H,3-4,6,9,13-15,17-20H2,1-2H3. The van der Waals surface area contributed by atoms with E-state index in [9.17, 15) is 23.2 Å². The van der Waals surface area contributed by atoms with Gasteiger partial charge in [-0.05, 0) is 79.1 Å². The highest BCUT2D eigenvalue weighted by Gasteiger charge is 2.47. The number of hydrogen-bond acceptors (Lipinski definition) is 6. The molecule has 1 aromatic heterocycles. The zero-order valence-electron chi connectivity index (χ0n) is 25.1. The maximum Gasteiger partial charge on any atom is 0.416 e. The molecule has 1 saturated heterocycles. The van der Waals surface area contributed by atoms with E-state index < -0.39 is 17.6 Å². The Morgan fingerprint density at radius 1 is 1.18 bits per heavy atom. The summed E-state index contributed by atoms with van der Waals surface area (Å²) in [7, 11) is 3.54. The van der Waals surface area contributed by atoms with Crippen molar-refractivity contribution in [3.8, 4) is 6.07 Å². The number of aryl methyl sites for hydroxylation is 1. The van der Waals surface area contributed by atoms with Crippen molar-refractivity contribution in [2.45, 2.75) is 63.2 Å². The molecule has 11 heteroatoms. The van der Waals surface area contributed by atoms with Gasteiger partial charge in [0.2, 0.25) is 0 Å². The summed E-state index contributed by atoms with van der Waals surface area (Å²) >= 11 is 0. The van der Waals surface area contributed by atoms with Crippen molar-refractivity contribution in [3.63, 3.8) is 0 Å². The van der Waals surface area contributed by atoms with E-state index in [1.807, 2.05) is 29.8 Å². The van der Waals surface area contributed by atoms with Crippen molar-refractivity contribution >= 4 is 11.6 Å². The lowest BCUT2D eigenvalue weighted by atomic mass is 9.57. The first kappa shape index (κ1) is 30.3. The van der Waals surface area contributed by atoms with Crippen LogP contribution in [0.15, 0.2) is 42.7 Å². The van der Waals surface area contributed by atoms with Crippen LogP contribution in [0.4, 0.5) is 18.9 Å². The molecule has 3 aliphatic rings. The zero-order valence-corrected chi connectivity index (χ0v) is 25.1. The first-order valence-electron chi connectivity index (χ1n) is 15.2. The third kappa shape index (κ3) is 5.85. The number of fused-ring (bicyclic) bond motifs is 1. The smallest absolute Gasteiger partial charge is 0.384 e. The number of carbonyl (C=O) groups is 1. The second-order valence-corrected chi connectivity index (χ2v) is 12.7. The molecule has 1 aliphatic carbocycles. The number of benzene rings is 2. The molecule has 1 saturated carbocycles. The van der Waals surface area contributed by atoms with Gasteiger partial charge in [-0.1, -0.05) is 18.6 Å². The predicted molar refractivity (Wildman–Crippen MR) is 158 cm³/mol. The zero-order chi connectivity index (χ0) is 31.1. The van der Waals surface area contributed by atoms with Gasteiger partial charge < -0.3 is 14.2 Å². The monoisotopic (exact) mass is 606 g/mol. The Labute approximate surface area is 255 Å². The van der Waals surface area contributed by atoms with Gasteiger partial charge in [0, 0.05) is 56.3 Å². The molecule has 1 atom stereocenters. The fourth-order valence-corrected chi connectivity index (χ4v) is 7.34. The van der Waals surface area contributed by atoms with Crippen molar-refractivity contribution in [2.75, 3.05) is 31.7 Å². The first-order chi connectivity index (χ1) is 21.1. The molecule has 2 aromatic carbocycles. The number of nitrogens with zero attached hydrogens (tertiary/aromatic N) is 6. The number of rotatable bonds is 8. The van der Waals surface area contributed by atoms with Crippen LogP contribution >= 0.6 is 0 Å². The van der Waals surface area contributed by atoms with Crippen LogP contribution in [0, 0.1) is 23.2 Å². The molecule has 6 rings (SSSR count). The SMILES string of the molecule is COCC1CCCCN(Cc2cc3c(c(C(F)(F)F)c2)CN(c2cccc(C4(Cc5nncn5C)CC(C#N)C4)c2)C3=O)C1. The maximum atomic E-state index is 14.4. The lowest BCUT2D eigenvalue weighted by Crippen LogP contribution is -2.43. The number of carbonyl (C=O) groups excluding carboxylic acids is 1. The van der Waals surface area contributed by atoms with Gasteiger partial charge in [-0.25, -0.2) is 0 Å². The molecule has 1 unspecified atom stereocenters.